The number of hydrogen-bond donors (Lipinski definition) is 2. The van der Waals surface area contributed by atoms with Crippen molar-refractivity contribution in [2.45, 2.75) is 13.3 Å². The summed E-state index contributed by atoms with van der Waals surface area (Å²) in [6, 6.07) is 4.21. The van der Waals surface area contributed by atoms with Gasteiger partial charge in [-0.2, -0.15) is 11.8 Å². The molecule has 0 bridgehead atoms. The molecule has 0 fully saturated rings. The molecular weight excluding hydrogens is 274 g/mol. The maximum Gasteiger partial charge on any atom is 0.335 e. The molecule has 4 nitrogen and oxygen atoms in total. The minimum absolute atomic E-state index is 0.0934. The van der Waals surface area contributed by atoms with Gasteiger partial charge in [0.15, 0.2) is 0 Å². The molecule has 98 valence electrons. The number of carbonyl (C=O) groups excluding carboxylic acids is 1. The number of aromatic carboxylic acids is 1. The third-order valence-electron chi connectivity index (χ3n) is 2.07. The van der Waals surface area contributed by atoms with Gasteiger partial charge < -0.3 is 10.4 Å². The molecule has 0 unspecified atom stereocenters. The van der Waals surface area contributed by atoms with Gasteiger partial charge in [0.2, 0.25) is 5.91 Å². The molecule has 0 aromatic heterocycles. The van der Waals surface area contributed by atoms with E-state index in [1.165, 1.54) is 30.0 Å². The molecule has 1 rings (SSSR count). The highest BCUT2D eigenvalue weighted by atomic mass is 35.5. The number of carbonyl (C=O) groups is 2. The second-order valence-corrected chi connectivity index (χ2v) is 5.11. The molecule has 0 aliphatic carbocycles. The van der Waals surface area contributed by atoms with Crippen LogP contribution in [0.3, 0.4) is 0 Å². The maximum atomic E-state index is 11.6. The summed E-state index contributed by atoms with van der Waals surface area (Å²) in [4.78, 5) is 22.4. The van der Waals surface area contributed by atoms with Crippen molar-refractivity contribution in [3.63, 3.8) is 0 Å². The summed E-state index contributed by atoms with van der Waals surface area (Å²) in [5.74, 6) is 0.0121. The van der Waals surface area contributed by atoms with Crippen molar-refractivity contribution in [3.05, 3.63) is 28.8 Å². The zero-order valence-electron chi connectivity index (χ0n) is 9.90. The zero-order chi connectivity index (χ0) is 13.5. The Labute approximate surface area is 115 Å². The quantitative estimate of drug-likeness (QED) is 0.789. The van der Waals surface area contributed by atoms with Crippen LogP contribution in [0.2, 0.25) is 5.02 Å². The first kappa shape index (κ1) is 14.9. The predicted octanol–water partition coefficient (Wildman–Crippen LogP) is 3.12. The number of amides is 1. The number of thioether (sulfide) groups is 1. The van der Waals surface area contributed by atoms with Gasteiger partial charge in [0.1, 0.15) is 0 Å². The van der Waals surface area contributed by atoms with Crippen LogP contribution in [0.15, 0.2) is 18.2 Å². The molecule has 0 saturated carbocycles. The molecule has 6 heteroatoms. The molecule has 1 aromatic rings. The lowest BCUT2D eigenvalue weighted by molar-refractivity contribution is -0.113. The van der Waals surface area contributed by atoms with E-state index in [0.717, 1.165) is 12.2 Å². The molecule has 1 aromatic carbocycles. The molecule has 0 heterocycles. The van der Waals surface area contributed by atoms with Crippen molar-refractivity contribution in [1.82, 2.24) is 0 Å². The smallest absolute Gasteiger partial charge is 0.335 e. The van der Waals surface area contributed by atoms with Crippen LogP contribution < -0.4 is 5.32 Å². The Morgan fingerprint density at radius 3 is 2.78 bits per heavy atom. The molecule has 1 amide bonds. The van der Waals surface area contributed by atoms with Crippen LogP contribution in [0, 0.1) is 0 Å². The van der Waals surface area contributed by atoms with Crippen LogP contribution >= 0.6 is 23.4 Å². The lowest BCUT2D eigenvalue weighted by Crippen LogP contribution is -2.15. The second kappa shape index (κ2) is 7.28. The van der Waals surface area contributed by atoms with E-state index in [-0.39, 0.29) is 11.5 Å². The topological polar surface area (TPSA) is 66.4 Å². The number of carboxylic acids is 1. The Kier molecular flexibility index (Phi) is 6.01. The normalized spacial score (nSPS) is 10.1. The van der Waals surface area contributed by atoms with Gasteiger partial charge >= 0.3 is 5.97 Å². The zero-order valence-corrected chi connectivity index (χ0v) is 11.5. The van der Waals surface area contributed by atoms with Crippen molar-refractivity contribution in [2.75, 3.05) is 16.8 Å². The van der Waals surface area contributed by atoms with Crippen molar-refractivity contribution in [3.8, 4) is 0 Å². The fraction of sp³-hybridized carbons (Fsp3) is 0.333. The maximum absolute atomic E-state index is 11.6. The van der Waals surface area contributed by atoms with E-state index in [4.69, 9.17) is 16.7 Å². The minimum Gasteiger partial charge on any atom is -0.478 e. The monoisotopic (exact) mass is 287 g/mol. The lowest BCUT2D eigenvalue weighted by atomic mass is 10.2. The number of nitrogens with one attached hydrogen (secondary N) is 1. The highest BCUT2D eigenvalue weighted by Gasteiger charge is 2.09. The summed E-state index contributed by atoms with van der Waals surface area (Å²) in [5, 5.41) is 11.8. The molecule has 0 radical (unpaired) electrons. The third kappa shape index (κ3) is 4.58. The van der Waals surface area contributed by atoms with Gasteiger partial charge in [-0.3, -0.25) is 4.79 Å². The Morgan fingerprint density at radius 1 is 1.44 bits per heavy atom. The van der Waals surface area contributed by atoms with Crippen molar-refractivity contribution >= 4 is 40.9 Å². The van der Waals surface area contributed by atoms with Crippen molar-refractivity contribution in [2.24, 2.45) is 0 Å². The summed E-state index contributed by atoms with van der Waals surface area (Å²) >= 11 is 7.42. The van der Waals surface area contributed by atoms with Gasteiger partial charge in [0.05, 0.1) is 22.0 Å². The largest absolute Gasteiger partial charge is 0.478 e. The van der Waals surface area contributed by atoms with Gasteiger partial charge in [-0.25, -0.2) is 4.79 Å². The van der Waals surface area contributed by atoms with E-state index in [1.54, 1.807) is 0 Å². The first-order valence-corrected chi connectivity index (χ1v) is 6.98. The van der Waals surface area contributed by atoms with E-state index >= 15 is 0 Å². The molecule has 2 N–H and O–H groups in total. The SMILES string of the molecule is CCCSCC(=O)Nc1cc(C(=O)O)ccc1Cl. The summed E-state index contributed by atoms with van der Waals surface area (Å²) in [6.07, 6.45) is 1.01. The Hall–Kier alpha value is -1.20. The Bertz CT molecular complexity index is 451. The first-order chi connectivity index (χ1) is 8.54. The van der Waals surface area contributed by atoms with E-state index in [9.17, 15) is 9.59 Å². The average Bonchev–Trinajstić information content (AvgIpc) is 2.32. The van der Waals surface area contributed by atoms with E-state index in [1.807, 2.05) is 6.92 Å². The third-order valence-corrected chi connectivity index (χ3v) is 3.56. The molecule has 0 aliphatic heterocycles. The number of anilines is 1. The fourth-order valence-electron chi connectivity index (χ4n) is 1.25. The molecule has 18 heavy (non-hydrogen) atoms. The predicted molar refractivity (Wildman–Crippen MR) is 74.7 cm³/mol. The van der Waals surface area contributed by atoms with Crippen LogP contribution in [0.25, 0.3) is 0 Å². The van der Waals surface area contributed by atoms with Gasteiger partial charge in [-0.05, 0) is 30.4 Å². The Balaban J connectivity index is 2.68. The van der Waals surface area contributed by atoms with Crippen LogP contribution in [0.5, 0.6) is 0 Å². The summed E-state index contributed by atoms with van der Waals surface area (Å²) < 4.78 is 0. The van der Waals surface area contributed by atoms with Crippen molar-refractivity contribution < 1.29 is 14.7 Å². The number of halogens is 1. The standard InChI is InChI=1S/C12H14ClNO3S/c1-2-5-18-7-11(15)14-10-6-8(12(16)17)3-4-9(10)13/h3-4,6H,2,5,7H2,1H3,(H,14,15)(H,16,17). The van der Waals surface area contributed by atoms with Gasteiger partial charge in [-0.1, -0.05) is 18.5 Å². The number of benzene rings is 1. The summed E-state index contributed by atoms with van der Waals surface area (Å²) in [7, 11) is 0. The fourth-order valence-corrected chi connectivity index (χ4v) is 2.10. The first-order valence-electron chi connectivity index (χ1n) is 5.45. The van der Waals surface area contributed by atoms with E-state index in [0.29, 0.717) is 16.5 Å². The average molecular weight is 288 g/mol. The number of hydrogen-bond acceptors (Lipinski definition) is 3. The Morgan fingerprint density at radius 2 is 2.17 bits per heavy atom. The highest BCUT2D eigenvalue weighted by molar-refractivity contribution is 7.99. The van der Waals surface area contributed by atoms with Crippen LogP contribution in [0.1, 0.15) is 23.7 Å². The van der Waals surface area contributed by atoms with Gasteiger partial charge in [0, 0.05) is 0 Å². The minimum atomic E-state index is -1.05. The number of rotatable bonds is 6. The second-order valence-electron chi connectivity index (χ2n) is 3.60. The van der Waals surface area contributed by atoms with Gasteiger partial charge in [0.25, 0.3) is 0 Å². The highest BCUT2D eigenvalue weighted by Crippen LogP contribution is 2.23. The van der Waals surface area contributed by atoms with Crippen LogP contribution in [-0.4, -0.2) is 28.5 Å². The summed E-state index contributed by atoms with van der Waals surface area (Å²) in [5.41, 5.74) is 0.426. The molecule has 0 aliphatic rings. The molecule has 0 atom stereocenters. The summed E-state index contributed by atoms with van der Waals surface area (Å²) in [6.45, 7) is 2.04. The number of carboxylic acid groups (broad SMARTS) is 1. The van der Waals surface area contributed by atoms with Crippen LogP contribution in [-0.2, 0) is 4.79 Å². The molecule has 0 saturated heterocycles. The molecule has 0 spiro atoms. The van der Waals surface area contributed by atoms with E-state index < -0.39 is 5.97 Å². The van der Waals surface area contributed by atoms with Crippen LogP contribution in [0.4, 0.5) is 5.69 Å². The van der Waals surface area contributed by atoms with Gasteiger partial charge in [-0.15, -0.1) is 0 Å². The lowest BCUT2D eigenvalue weighted by Gasteiger charge is -2.07. The van der Waals surface area contributed by atoms with E-state index in [2.05, 4.69) is 5.32 Å². The molecular formula is C12H14ClNO3S. The van der Waals surface area contributed by atoms with Crippen molar-refractivity contribution in [1.29, 1.82) is 0 Å².